The van der Waals surface area contributed by atoms with Gasteiger partial charge in [-0.1, -0.05) is 0 Å². The lowest BCUT2D eigenvalue weighted by atomic mass is 10.4. The number of primary amides is 1. The molecule has 0 aliphatic rings. The molecule has 0 aromatic heterocycles. The summed E-state index contributed by atoms with van der Waals surface area (Å²) in [4.78, 5) is 25.4. The van der Waals surface area contributed by atoms with Crippen LogP contribution in [-0.4, -0.2) is 31.6 Å². The molecule has 1 amide bonds. The Balaban J connectivity index is 3.50. The maximum Gasteiger partial charge on any atom is 0.324 e. The number of carbonyl (C=O) groups is 2. The number of amides is 1. The van der Waals surface area contributed by atoms with Crippen LogP contribution < -0.4 is 11.2 Å². The van der Waals surface area contributed by atoms with Gasteiger partial charge >= 0.3 is 5.97 Å². The van der Waals surface area contributed by atoms with Crippen LogP contribution in [0.4, 0.5) is 0 Å². The highest BCUT2D eigenvalue weighted by atomic mass is 16.7. The number of rotatable bonds is 5. The fraction of sp³-hybridized carbons (Fsp3) is 0.667. The second kappa shape index (κ2) is 5.50. The molecule has 0 aliphatic carbocycles. The minimum Gasteiger partial charge on any atom is -0.468 e. The lowest BCUT2D eigenvalue weighted by Crippen LogP contribution is -2.37. The largest absolute Gasteiger partial charge is 0.468 e. The monoisotopic (exact) mass is 176 g/mol. The third-order valence-electron chi connectivity index (χ3n) is 1.03. The van der Waals surface area contributed by atoms with Gasteiger partial charge in [0.25, 0.3) is 0 Å². The first kappa shape index (κ1) is 10.9. The lowest BCUT2D eigenvalue weighted by molar-refractivity contribution is -0.148. The molecule has 0 saturated carbocycles. The van der Waals surface area contributed by atoms with Crippen LogP contribution in [0.5, 0.6) is 0 Å². The Kier molecular flexibility index (Phi) is 4.98. The Morgan fingerprint density at radius 3 is 2.58 bits per heavy atom. The number of ether oxygens (including phenoxy) is 1. The van der Waals surface area contributed by atoms with E-state index < -0.39 is 17.9 Å². The van der Waals surface area contributed by atoms with Gasteiger partial charge in [0.05, 0.1) is 7.11 Å². The van der Waals surface area contributed by atoms with E-state index in [1.165, 1.54) is 14.0 Å². The second-order valence-corrected chi connectivity index (χ2v) is 2.12. The van der Waals surface area contributed by atoms with E-state index in [-0.39, 0.29) is 6.61 Å². The van der Waals surface area contributed by atoms with Crippen molar-refractivity contribution in [1.82, 2.24) is 5.48 Å². The fourth-order valence-corrected chi connectivity index (χ4v) is 0.463. The maximum absolute atomic E-state index is 10.7. The summed E-state index contributed by atoms with van der Waals surface area (Å²) in [7, 11) is 1.26. The van der Waals surface area contributed by atoms with Crippen LogP contribution in [0, 0.1) is 0 Å². The first-order chi connectivity index (χ1) is 5.57. The standard InChI is InChI=1S/C6H12N2O4/c1-4(6(10)11-2)8-12-3-5(7)9/h4,8H,3H2,1-2H3,(H2,7,9). The van der Waals surface area contributed by atoms with Crippen molar-refractivity contribution in [3.05, 3.63) is 0 Å². The van der Waals surface area contributed by atoms with Crippen LogP contribution in [0.2, 0.25) is 0 Å². The number of hydrogen-bond donors (Lipinski definition) is 2. The molecule has 70 valence electrons. The zero-order chi connectivity index (χ0) is 9.56. The number of esters is 1. The smallest absolute Gasteiger partial charge is 0.324 e. The van der Waals surface area contributed by atoms with Crippen molar-refractivity contribution in [2.24, 2.45) is 5.73 Å². The van der Waals surface area contributed by atoms with E-state index in [1.807, 2.05) is 0 Å². The minimum atomic E-state index is -0.616. The highest BCUT2D eigenvalue weighted by molar-refractivity contribution is 5.75. The molecule has 0 aromatic carbocycles. The van der Waals surface area contributed by atoms with Gasteiger partial charge in [0.2, 0.25) is 5.91 Å². The molecule has 0 saturated heterocycles. The summed E-state index contributed by atoms with van der Waals surface area (Å²) in [5.41, 5.74) is 7.06. The number of nitrogens with two attached hydrogens (primary N) is 1. The molecule has 3 N–H and O–H groups in total. The first-order valence-corrected chi connectivity index (χ1v) is 3.31. The molecule has 0 bridgehead atoms. The Morgan fingerprint density at radius 1 is 1.58 bits per heavy atom. The summed E-state index contributed by atoms with van der Waals surface area (Å²) in [5, 5.41) is 0. The predicted molar refractivity (Wildman–Crippen MR) is 39.8 cm³/mol. The molecule has 6 heteroatoms. The molecular formula is C6H12N2O4. The average Bonchev–Trinajstić information content (AvgIpc) is 2.02. The van der Waals surface area contributed by atoms with E-state index in [9.17, 15) is 9.59 Å². The van der Waals surface area contributed by atoms with Gasteiger partial charge in [-0.15, -0.1) is 0 Å². The average molecular weight is 176 g/mol. The molecule has 0 heterocycles. The van der Waals surface area contributed by atoms with E-state index in [4.69, 9.17) is 5.73 Å². The van der Waals surface area contributed by atoms with Crippen molar-refractivity contribution in [1.29, 1.82) is 0 Å². The van der Waals surface area contributed by atoms with Gasteiger partial charge in [-0.25, -0.2) is 0 Å². The molecule has 0 aromatic rings. The van der Waals surface area contributed by atoms with Gasteiger partial charge < -0.3 is 10.5 Å². The SMILES string of the molecule is COC(=O)C(C)NOCC(N)=O. The van der Waals surface area contributed by atoms with E-state index in [0.29, 0.717) is 0 Å². The number of hydrogen-bond acceptors (Lipinski definition) is 5. The molecule has 0 spiro atoms. The Labute approximate surface area is 70.0 Å². The minimum absolute atomic E-state index is 0.276. The summed E-state index contributed by atoms with van der Waals surface area (Å²) in [6.07, 6.45) is 0. The van der Waals surface area contributed by atoms with E-state index in [0.717, 1.165) is 0 Å². The number of nitrogens with one attached hydrogen (secondary N) is 1. The van der Waals surface area contributed by atoms with E-state index in [2.05, 4.69) is 15.1 Å². The number of carbonyl (C=O) groups excluding carboxylic acids is 2. The van der Waals surface area contributed by atoms with Crippen molar-refractivity contribution < 1.29 is 19.2 Å². The molecule has 12 heavy (non-hydrogen) atoms. The third-order valence-corrected chi connectivity index (χ3v) is 1.03. The molecular weight excluding hydrogens is 164 g/mol. The maximum atomic E-state index is 10.7. The summed E-state index contributed by atoms with van der Waals surface area (Å²) in [6.45, 7) is 1.26. The van der Waals surface area contributed by atoms with Gasteiger partial charge in [-0.3, -0.25) is 14.4 Å². The van der Waals surface area contributed by atoms with Crippen molar-refractivity contribution in [2.45, 2.75) is 13.0 Å². The molecule has 0 radical (unpaired) electrons. The second-order valence-electron chi connectivity index (χ2n) is 2.12. The molecule has 0 rings (SSSR count). The normalized spacial score (nSPS) is 12.2. The molecule has 0 fully saturated rings. The van der Waals surface area contributed by atoms with E-state index in [1.54, 1.807) is 0 Å². The van der Waals surface area contributed by atoms with Crippen molar-refractivity contribution >= 4 is 11.9 Å². The van der Waals surface area contributed by atoms with E-state index >= 15 is 0 Å². The van der Waals surface area contributed by atoms with Crippen LogP contribution >= 0.6 is 0 Å². The van der Waals surface area contributed by atoms with Crippen molar-refractivity contribution in [2.75, 3.05) is 13.7 Å². The number of hydroxylamine groups is 1. The fourth-order valence-electron chi connectivity index (χ4n) is 0.463. The molecule has 0 aliphatic heterocycles. The van der Waals surface area contributed by atoms with Gasteiger partial charge in [0.1, 0.15) is 12.6 Å². The summed E-state index contributed by atoms with van der Waals surface area (Å²) in [6, 6.07) is -0.616. The van der Waals surface area contributed by atoms with Crippen LogP contribution in [0.1, 0.15) is 6.92 Å². The number of methoxy groups -OCH3 is 1. The van der Waals surface area contributed by atoms with Crippen LogP contribution in [-0.2, 0) is 19.2 Å². The lowest BCUT2D eigenvalue weighted by Gasteiger charge is -2.09. The molecule has 1 atom stereocenters. The predicted octanol–water partition coefficient (Wildman–Crippen LogP) is -1.45. The Bertz CT molecular complexity index is 171. The van der Waals surface area contributed by atoms with Crippen LogP contribution in [0.3, 0.4) is 0 Å². The highest BCUT2D eigenvalue weighted by Gasteiger charge is 2.12. The van der Waals surface area contributed by atoms with Gasteiger partial charge in [-0.2, -0.15) is 5.48 Å². The van der Waals surface area contributed by atoms with Crippen LogP contribution in [0.15, 0.2) is 0 Å². The highest BCUT2D eigenvalue weighted by Crippen LogP contribution is 1.84. The van der Waals surface area contributed by atoms with Crippen molar-refractivity contribution in [3.8, 4) is 0 Å². The topological polar surface area (TPSA) is 90.7 Å². The van der Waals surface area contributed by atoms with Crippen molar-refractivity contribution in [3.63, 3.8) is 0 Å². The van der Waals surface area contributed by atoms with Crippen LogP contribution in [0.25, 0.3) is 0 Å². The Hall–Kier alpha value is -1.14. The zero-order valence-corrected chi connectivity index (χ0v) is 6.99. The quantitative estimate of drug-likeness (QED) is 0.395. The molecule has 1 unspecified atom stereocenters. The summed E-state index contributed by atoms with van der Waals surface area (Å²) >= 11 is 0. The first-order valence-electron chi connectivity index (χ1n) is 3.31. The summed E-state index contributed by atoms with van der Waals surface area (Å²) < 4.78 is 4.37. The van der Waals surface area contributed by atoms with Gasteiger partial charge in [0.15, 0.2) is 0 Å². The zero-order valence-electron chi connectivity index (χ0n) is 6.99. The third kappa shape index (κ3) is 4.64. The Morgan fingerprint density at radius 2 is 2.17 bits per heavy atom. The summed E-state index contributed by atoms with van der Waals surface area (Å²) in [5.74, 6) is -1.08. The molecule has 6 nitrogen and oxygen atoms in total. The van der Waals surface area contributed by atoms with Gasteiger partial charge in [0, 0.05) is 0 Å². The van der Waals surface area contributed by atoms with Gasteiger partial charge in [-0.05, 0) is 6.92 Å².